The number of hydrogen-bond acceptors (Lipinski definition) is 2. The lowest BCUT2D eigenvalue weighted by Gasteiger charge is -2.05. The third kappa shape index (κ3) is 3.23. The second-order valence-electron chi connectivity index (χ2n) is 3.32. The van der Waals surface area contributed by atoms with E-state index in [2.05, 4.69) is 26.0 Å². The molecule has 0 saturated heterocycles. The molecule has 0 aromatic heterocycles. The van der Waals surface area contributed by atoms with E-state index in [0.29, 0.717) is 5.92 Å². The van der Waals surface area contributed by atoms with E-state index in [1.165, 1.54) is 17.3 Å². The molecule has 0 aliphatic carbocycles. The van der Waals surface area contributed by atoms with Gasteiger partial charge in [-0.15, -0.1) is 0 Å². The van der Waals surface area contributed by atoms with Crippen molar-refractivity contribution < 1.29 is 4.79 Å². The quantitative estimate of drug-likeness (QED) is 0.671. The van der Waals surface area contributed by atoms with Crippen molar-refractivity contribution in [3.05, 3.63) is 29.8 Å². The molecule has 0 amide bonds. The van der Waals surface area contributed by atoms with Crippen molar-refractivity contribution >= 4 is 16.9 Å². The Balaban J connectivity index is 2.75. The molecule has 13 heavy (non-hydrogen) atoms. The zero-order valence-electron chi connectivity index (χ0n) is 8.20. The van der Waals surface area contributed by atoms with Gasteiger partial charge in [-0.3, -0.25) is 4.79 Å². The molecule has 1 rings (SSSR count). The monoisotopic (exact) mass is 194 g/mol. The Hall–Kier alpha value is -0.760. The van der Waals surface area contributed by atoms with Crippen molar-refractivity contribution in [3.8, 4) is 0 Å². The molecule has 70 valence electrons. The molecule has 1 aromatic rings. The van der Waals surface area contributed by atoms with E-state index in [9.17, 15) is 4.79 Å². The summed E-state index contributed by atoms with van der Waals surface area (Å²) in [6, 6.07) is 8.16. The highest BCUT2D eigenvalue weighted by molar-refractivity contribution is 8.13. The van der Waals surface area contributed by atoms with E-state index in [4.69, 9.17) is 0 Å². The summed E-state index contributed by atoms with van der Waals surface area (Å²) >= 11 is 1.28. The summed E-state index contributed by atoms with van der Waals surface area (Å²) in [5, 5.41) is 0.136. The summed E-state index contributed by atoms with van der Waals surface area (Å²) in [5.74, 6) is 0.552. The summed E-state index contributed by atoms with van der Waals surface area (Å²) in [6.07, 6.45) is 0. The van der Waals surface area contributed by atoms with Crippen molar-refractivity contribution in [1.29, 1.82) is 0 Å². The smallest absolute Gasteiger partial charge is 0.190 e. The number of rotatable bonds is 2. The van der Waals surface area contributed by atoms with Gasteiger partial charge < -0.3 is 0 Å². The minimum absolute atomic E-state index is 0.136. The number of benzene rings is 1. The highest BCUT2D eigenvalue weighted by Gasteiger charge is 2.00. The van der Waals surface area contributed by atoms with Gasteiger partial charge in [-0.2, -0.15) is 0 Å². The van der Waals surface area contributed by atoms with Crippen LogP contribution >= 0.6 is 11.8 Å². The van der Waals surface area contributed by atoms with Gasteiger partial charge in [-0.05, 0) is 23.6 Å². The van der Waals surface area contributed by atoms with E-state index in [1.807, 2.05) is 12.1 Å². The maximum Gasteiger partial charge on any atom is 0.190 e. The molecule has 1 aromatic carbocycles. The molecule has 2 heteroatoms. The fourth-order valence-electron chi connectivity index (χ4n) is 1.09. The Morgan fingerprint density at radius 2 is 1.77 bits per heavy atom. The zero-order valence-corrected chi connectivity index (χ0v) is 9.02. The molecule has 0 bridgehead atoms. The maximum absolute atomic E-state index is 10.8. The molecule has 1 nitrogen and oxygen atoms in total. The van der Waals surface area contributed by atoms with E-state index in [0.717, 1.165) is 4.90 Å². The van der Waals surface area contributed by atoms with Crippen molar-refractivity contribution in [3.63, 3.8) is 0 Å². The van der Waals surface area contributed by atoms with Gasteiger partial charge in [0.05, 0.1) is 0 Å². The number of carbonyl (C=O) groups is 1. The fraction of sp³-hybridized carbons (Fsp3) is 0.364. The van der Waals surface area contributed by atoms with Crippen LogP contribution in [0.15, 0.2) is 29.2 Å². The predicted molar refractivity (Wildman–Crippen MR) is 57.1 cm³/mol. The molecule has 0 spiro atoms. The van der Waals surface area contributed by atoms with Crippen molar-refractivity contribution in [1.82, 2.24) is 0 Å². The molecule has 0 aliphatic heterocycles. The van der Waals surface area contributed by atoms with Gasteiger partial charge in [0.25, 0.3) is 0 Å². The normalized spacial score (nSPS) is 10.5. The average Bonchev–Trinajstić information content (AvgIpc) is 2.04. The molecule has 0 fully saturated rings. The van der Waals surface area contributed by atoms with Gasteiger partial charge in [-0.1, -0.05) is 37.7 Å². The Bertz CT molecular complexity index is 287. The van der Waals surface area contributed by atoms with Crippen LogP contribution in [0.25, 0.3) is 0 Å². The molecule has 0 unspecified atom stereocenters. The van der Waals surface area contributed by atoms with Crippen molar-refractivity contribution in [2.24, 2.45) is 0 Å². The van der Waals surface area contributed by atoms with Crippen LogP contribution in [0.5, 0.6) is 0 Å². The Morgan fingerprint density at radius 3 is 2.15 bits per heavy atom. The third-order valence-corrected chi connectivity index (χ3v) is 2.60. The number of thioether (sulfide) groups is 1. The van der Waals surface area contributed by atoms with Crippen LogP contribution in [0.1, 0.15) is 32.3 Å². The Kier molecular flexibility index (Phi) is 3.55. The van der Waals surface area contributed by atoms with Gasteiger partial charge in [0, 0.05) is 11.8 Å². The first kappa shape index (κ1) is 10.3. The van der Waals surface area contributed by atoms with Gasteiger partial charge in [-0.25, -0.2) is 0 Å². The lowest BCUT2D eigenvalue weighted by atomic mass is 10.0. The second kappa shape index (κ2) is 4.47. The highest BCUT2D eigenvalue weighted by atomic mass is 32.2. The molecule has 0 atom stereocenters. The third-order valence-electron chi connectivity index (χ3n) is 1.81. The number of hydrogen-bond donors (Lipinski definition) is 0. The van der Waals surface area contributed by atoms with E-state index in [-0.39, 0.29) is 5.12 Å². The van der Waals surface area contributed by atoms with Crippen LogP contribution in [0.4, 0.5) is 0 Å². The number of carbonyl (C=O) groups excluding carboxylic acids is 1. The van der Waals surface area contributed by atoms with Gasteiger partial charge in [0.1, 0.15) is 0 Å². The summed E-state index contributed by atoms with van der Waals surface area (Å²) < 4.78 is 0. The standard InChI is InChI=1S/C11H14OS/c1-8(2)10-4-6-11(7-5-10)13-9(3)12/h4-8H,1-3H3. The zero-order chi connectivity index (χ0) is 9.84. The predicted octanol–water partition coefficient (Wildman–Crippen LogP) is 3.45. The molecule has 0 N–H and O–H groups in total. The fourth-order valence-corrected chi connectivity index (χ4v) is 1.69. The maximum atomic E-state index is 10.8. The summed E-state index contributed by atoms with van der Waals surface area (Å²) in [5.41, 5.74) is 1.31. The summed E-state index contributed by atoms with van der Waals surface area (Å²) in [6.45, 7) is 5.90. The van der Waals surface area contributed by atoms with Crippen LogP contribution in [-0.4, -0.2) is 5.12 Å². The lowest BCUT2D eigenvalue weighted by molar-refractivity contribution is -0.109. The summed E-state index contributed by atoms with van der Waals surface area (Å²) in [4.78, 5) is 11.8. The van der Waals surface area contributed by atoms with Gasteiger partial charge in [0.2, 0.25) is 0 Å². The largest absolute Gasteiger partial charge is 0.287 e. The molecule has 0 saturated carbocycles. The van der Waals surface area contributed by atoms with Crippen LogP contribution in [-0.2, 0) is 4.79 Å². The topological polar surface area (TPSA) is 17.1 Å². The van der Waals surface area contributed by atoms with Crippen LogP contribution < -0.4 is 0 Å². The van der Waals surface area contributed by atoms with Crippen LogP contribution in [0, 0.1) is 0 Å². The molecule has 0 radical (unpaired) electrons. The van der Waals surface area contributed by atoms with E-state index in [1.54, 1.807) is 6.92 Å². The lowest BCUT2D eigenvalue weighted by Crippen LogP contribution is -1.87. The molecular formula is C11H14OS. The minimum Gasteiger partial charge on any atom is -0.287 e. The molecule has 0 heterocycles. The SMILES string of the molecule is CC(=O)Sc1ccc(C(C)C)cc1. The summed E-state index contributed by atoms with van der Waals surface area (Å²) in [7, 11) is 0. The first-order chi connectivity index (χ1) is 6.09. The van der Waals surface area contributed by atoms with E-state index < -0.39 is 0 Å². The second-order valence-corrected chi connectivity index (χ2v) is 4.57. The molecule has 0 aliphatic rings. The molecular weight excluding hydrogens is 180 g/mol. The minimum atomic E-state index is 0.136. The van der Waals surface area contributed by atoms with E-state index >= 15 is 0 Å². The highest BCUT2D eigenvalue weighted by Crippen LogP contribution is 2.21. The Morgan fingerprint density at radius 1 is 1.23 bits per heavy atom. The van der Waals surface area contributed by atoms with Crippen molar-refractivity contribution in [2.45, 2.75) is 31.6 Å². The first-order valence-electron chi connectivity index (χ1n) is 4.38. The average molecular weight is 194 g/mol. The van der Waals surface area contributed by atoms with Gasteiger partial charge >= 0.3 is 0 Å². The first-order valence-corrected chi connectivity index (χ1v) is 5.19. The van der Waals surface area contributed by atoms with Crippen molar-refractivity contribution in [2.75, 3.05) is 0 Å². The van der Waals surface area contributed by atoms with Crippen LogP contribution in [0.2, 0.25) is 0 Å². The van der Waals surface area contributed by atoms with Gasteiger partial charge in [0.15, 0.2) is 5.12 Å². The van der Waals surface area contributed by atoms with Crippen LogP contribution in [0.3, 0.4) is 0 Å². The Labute approximate surface area is 83.5 Å².